The van der Waals surface area contributed by atoms with Gasteiger partial charge in [0.2, 0.25) is 5.75 Å². The molecule has 182 valence electrons. The predicted molar refractivity (Wildman–Crippen MR) is 136 cm³/mol. The number of aromatic hydroxyl groups is 1. The molecule has 1 unspecified atom stereocenters. The van der Waals surface area contributed by atoms with Gasteiger partial charge in [-0.25, -0.2) is 9.97 Å². The highest BCUT2D eigenvalue weighted by molar-refractivity contribution is 5.44. The number of aromatic amines is 2. The van der Waals surface area contributed by atoms with Crippen LogP contribution in [0.3, 0.4) is 0 Å². The molecule has 36 heavy (non-hydrogen) atoms. The number of aromatic nitrogens is 4. The quantitative estimate of drug-likeness (QED) is 0.366. The monoisotopic (exact) mass is 481 g/mol. The van der Waals surface area contributed by atoms with Gasteiger partial charge in [-0.2, -0.15) is 0 Å². The summed E-state index contributed by atoms with van der Waals surface area (Å²) in [4.78, 5) is 28.3. The summed E-state index contributed by atoms with van der Waals surface area (Å²) >= 11 is 0. The fourth-order valence-electron chi connectivity index (χ4n) is 4.27. The van der Waals surface area contributed by atoms with E-state index >= 15 is 0 Å². The van der Waals surface area contributed by atoms with Crippen LogP contribution in [-0.2, 0) is 17.7 Å². The zero-order valence-corrected chi connectivity index (χ0v) is 19.8. The number of hydrogen-bond acceptors (Lipinski definition) is 6. The number of hydrogen-bond donors (Lipinski definition) is 3. The van der Waals surface area contributed by atoms with Crippen LogP contribution < -0.4 is 5.56 Å². The van der Waals surface area contributed by atoms with Crippen LogP contribution in [-0.4, -0.2) is 56.2 Å². The van der Waals surface area contributed by atoms with E-state index in [1.165, 1.54) is 11.9 Å². The molecule has 0 radical (unpaired) electrons. The summed E-state index contributed by atoms with van der Waals surface area (Å²) in [6.45, 7) is 4.49. The molecule has 0 saturated carbocycles. The maximum Gasteiger partial charge on any atom is 0.293 e. The number of imidazole rings is 1. The molecule has 1 fully saturated rings. The van der Waals surface area contributed by atoms with Crippen molar-refractivity contribution in [3.63, 3.8) is 0 Å². The molecule has 0 amide bonds. The summed E-state index contributed by atoms with van der Waals surface area (Å²) in [5, 5.41) is 10.3. The van der Waals surface area contributed by atoms with Gasteiger partial charge in [-0.3, -0.25) is 9.69 Å². The van der Waals surface area contributed by atoms with Crippen molar-refractivity contribution in [2.75, 3.05) is 26.3 Å². The van der Waals surface area contributed by atoms with Crippen molar-refractivity contribution in [1.82, 2.24) is 24.8 Å². The van der Waals surface area contributed by atoms with Crippen molar-refractivity contribution in [2.24, 2.45) is 0 Å². The maximum absolute atomic E-state index is 11.9. The molecule has 1 aliphatic heterocycles. The standard InChI is InChI=1S/C28H27N5O3/c34-26-25(31-19-32-28(26)35)24(27-29-11-12-30-27)17-22-7-3-20(4-8-22)1-2-21-5-9-23(10-6-21)18-33-13-15-36-16-14-33/h3-12,19,24,34H,13-18H2,(H,29,30)(H,31,32,35). The molecule has 8 nitrogen and oxygen atoms in total. The SMILES string of the molecule is O=c1[nH]cnc(C(Cc2ccc(C#Cc3ccc(CN4CCOCC4)cc3)cc2)c2ncc[nH]2)c1O. The fraction of sp³-hybridized carbons (Fsp3) is 0.250. The Morgan fingerprint density at radius 1 is 0.944 bits per heavy atom. The molecule has 0 bridgehead atoms. The normalized spacial score (nSPS) is 14.7. The first-order chi connectivity index (χ1) is 17.7. The number of morpholine rings is 1. The van der Waals surface area contributed by atoms with Crippen molar-refractivity contribution in [2.45, 2.75) is 18.9 Å². The van der Waals surface area contributed by atoms with E-state index in [2.05, 4.69) is 60.9 Å². The third kappa shape index (κ3) is 5.71. The smallest absolute Gasteiger partial charge is 0.293 e. The average Bonchev–Trinajstić information content (AvgIpc) is 3.45. The highest BCUT2D eigenvalue weighted by Crippen LogP contribution is 2.28. The minimum Gasteiger partial charge on any atom is -0.502 e. The zero-order valence-electron chi connectivity index (χ0n) is 19.8. The van der Waals surface area contributed by atoms with Gasteiger partial charge >= 0.3 is 0 Å². The van der Waals surface area contributed by atoms with Crippen molar-refractivity contribution < 1.29 is 9.84 Å². The van der Waals surface area contributed by atoms with Crippen LogP contribution >= 0.6 is 0 Å². The number of ether oxygens (including phenoxy) is 1. The molecule has 0 aliphatic carbocycles. The molecule has 1 saturated heterocycles. The van der Waals surface area contributed by atoms with E-state index in [1.54, 1.807) is 12.4 Å². The highest BCUT2D eigenvalue weighted by atomic mass is 16.5. The van der Waals surface area contributed by atoms with Gasteiger partial charge in [0.25, 0.3) is 5.56 Å². The van der Waals surface area contributed by atoms with Gasteiger partial charge in [0.15, 0.2) is 0 Å². The van der Waals surface area contributed by atoms with E-state index in [0.717, 1.165) is 49.5 Å². The van der Waals surface area contributed by atoms with Crippen LogP contribution in [0.1, 0.15) is 39.7 Å². The van der Waals surface area contributed by atoms with E-state index in [1.807, 2.05) is 24.3 Å². The van der Waals surface area contributed by atoms with Crippen LogP contribution in [0.25, 0.3) is 0 Å². The molecular formula is C28H27N5O3. The Morgan fingerprint density at radius 2 is 1.61 bits per heavy atom. The lowest BCUT2D eigenvalue weighted by atomic mass is 9.94. The van der Waals surface area contributed by atoms with Gasteiger partial charge in [-0.1, -0.05) is 36.1 Å². The summed E-state index contributed by atoms with van der Waals surface area (Å²) in [5.74, 6) is 6.30. The molecule has 1 atom stereocenters. The van der Waals surface area contributed by atoms with Crippen LogP contribution in [0.5, 0.6) is 5.75 Å². The molecule has 0 spiro atoms. The molecule has 5 rings (SSSR count). The second-order valence-electron chi connectivity index (χ2n) is 8.73. The molecule has 8 heteroatoms. The lowest BCUT2D eigenvalue weighted by molar-refractivity contribution is 0.0342. The molecule has 3 heterocycles. The first-order valence-corrected chi connectivity index (χ1v) is 11.9. The summed E-state index contributed by atoms with van der Waals surface area (Å²) in [5.41, 5.74) is 3.88. The molecule has 4 aromatic rings. The fourth-order valence-corrected chi connectivity index (χ4v) is 4.27. The zero-order chi connectivity index (χ0) is 24.7. The number of H-pyrrole nitrogens is 2. The van der Waals surface area contributed by atoms with Crippen LogP contribution in [0, 0.1) is 11.8 Å². The maximum atomic E-state index is 11.9. The molecule has 1 aliphatic rings. The largest absolute Gasteiger partial charge is 0.502 e. The first kappa shape index (κ1) is 23.5. The van der Waals surface area contributed by atoms with E-state index < -0.39 is 17.2 Å². The minimum atomic E-state index is -0.573. The van der Waals surface area contributed by atoms with Gasteiger partial charge in [0, 0.05) is 43.2 Å². The van der Waals surface area contributed by atoms with Gasteiger partial charge in [-0.05, 0) is 41.8 Å². The Bertz CT molecular complexity index is 1390. The number of rotatable bonds is 6. The lowest BCUT2D eigenvalue weighted by Gasteiger charge is -2.26. The third-order valence-corrected chi connectivity index (χ3v) is 6.25. The van der Waals surface area contributed by atoms with Gasteiger partial charge in [0.05, 0.1) is 25.5 Å². The molecule has 2 aromatic carbocycles. The van der Waals surface area contributed by atoms with Crippen LogP contribution in [0.2, 0.25) is 0 Å². The first-order valence-electron chi connectivity index (χ1n) is 11.9. The number of benzene rings is 2. The Morgan fingerprint density at radius 3 is 2.25 bits per heavy atom. The van der Waals surface area contributed by atoms with Crippen molar-refractivity contribution >= 4 is 0 Å². The van der Waals surface area contributed by atoms with Crippen LogP contribution in [0.4, 0.5) is 0 Å². The molecule has 2 aromatic heterocycles. The van der Waals surface area contributed by atoms with Gasteiger partial charge in [0.1, 0.15) is 11.5 Å². The third-order valence-electron chi connectivity index (χ3n) is 6.25. The minimum absolute atomic E-state index is 0.287. The Hall–Kier alpha value is -4.19. The van der Waals surface area contributed by atoms with Gasteiger partial charge in [-0.15, -0.1) is 0 Å². The Labute approximate surface area is 209 Å². The van der Waals surface area contributed by atoms with Crippen molar-refractivity contribution in [1.29, 1.82) is 0 Å². The summed E-state index contributed by atoms with van der Waals surface area (Å²) in [6.07, 6.45) is 5.15. The summed E-state index contributed by atoms with van der Waals surface area (Å²) < 4.78 is 5.41. The highest BCUT2D eigenvalue weighted by Gasteiger charge is 2.23. The van der Waals surface area contributed by atoms with E-state index in [-0.39, 0.29) is 5.69 Å². The lowest BCUT2D eigenvalue weighted by Crippen LogP contribution is -2.35. The van der Waals surface area contributed by atoms with E-state index in [9.17, 15) is 9.90 Å². The molecule has 3 N–H and O–H groups in total. The van der Waals surface area contributed by atoms with Gasteiger partial charge < -0.3 is 19.8 Å². The average molecular weight is 482 g/mol. The van der Waals surface area contributed by atoms with E-state index in [4.69, 9.17) is 4.74 Å². The second-order valence-corrected chi connectivity index (χ2v) is 8.73. The van der Waals surface area contributed by atoms with E-state index in [0.29, 0.717) is 12.2 Å². The Kier molecular flexibility index (Phi) is 7.22. The van der Waals surface area contributed by atoms with Crippen molar-refractivity contribution in [3.8, 4) is 17.6 Å². The Balaban J connectivity index is 1.27. The number of nitrogens with zero attached hydrogens (tertiary/aromatic N) is 3. The van der Waals surface area contributed by atoms with Crippen molar-refractivity contribution in [3.05, 3.63) is 111 Å². The number of nitrogens with one attached hydrogen (secondary N) is 2. The summed E-state index contributed by atoms with van der Waals surface area (Å²) in [7, 11) is 0. The van der Waals surface area contributed by atoms with Crippen LogP contribution in [0.15, 0.2) is 72.0 Å². The second kappa shape index (κ2) is 11.0. The molecular weight excluding hydrogens is 454 g/mol. The predicted octanol–water partition coefficient (Wildman–Crippen LogP) is 2.81. The summed E-state index contributed by atoms with van der Waals surface area (Å²) in [6, 6.07) is 16.3. The topological polar surface area (TPSA) is 107 Å².